The van der Waals surface area contributed by atoms with Crippen LogP contribution in [0, 0.1) is 13.8 Å². The van der Waals surface area contributed by atoms with Crippen molar-refractivity contribution < 1.29 is 18.4 Å². The second-order valence-electron chi connectivity index (χ2n) is 4.23. The third kappa shape index (κ3) is 1.18. The topological polar surface area (TPSA) is 77.5 Å². The molecule has 0 saturated carbocycles. The van der Waals surface area contributed by atoms with Gasteiger partial charge in [-0.15, -0.1) is 0 Å². The summed E-state index contributed by atoms with van der Waals surface area (Å²) in [5.74, 6) is -1.19. The van der Waals surface area contributed by atoms with Crippen molar-refractivity contribution in [3.8, 4) is 0 Å². The maximum absolute atomic E-state index is 12.3. The number of carbonyl (C=O) groups excluding carboxylic acids is 2. The van der Waals surface area contributed by atoms with Gasteiger partial charge in [0.05, 0.1) is 17.4 Å². The Hall–Kier alpha value is -2.43. The first-order valence-electron chi connectivity index (χ1n) is 5.33. The summed E-state index contributed by atoms with van der Waals surface area (Å²) < 4.78 is 9.92. The van der Waals surface area contributed by atoms with Gasteiger partial charge in [-0.25, -0.2) is 4.79 Å². The molecule has 5 nitrogen and oxygen atoms in total. The van der Waals surface area contributed by atoms with E-state index in [-0.39, 0.29) is 28.4 Å². The Morgan fingerprint density at radius 3 is 2.28 bits per heavy atom. The molecule has 2 heterocycles. The fraction of sp³-hybridized carbons (Fsp3) is 0.154. The number of ketones is 2. The molecule has 0 unspecified atom stereocenters. The van der Waals surface area contributed by atoms with E-state index >= 15 is 0 Å². The van der Waals surface area contributed by atoms with Crippen LogP contribution in [0.3, 0.4) is 0 Å². The molecular weight excluding hydrogens is 236 g/mol. The fourth-order valence-corrected chi connectivity index (χ4v) is 2.17. The minimum absolute atomic E-state index is 0.0567. The van der Waals surface area contributed by atoms with Crippen LogP contribution in [-0.2, 0) is 0 Å². The van der Waals surface area contributed by atoms with Gasteiger partial charge >= 0.3 is 5.63 Å². The predicted octanol–water partition coefficient (Wildman–Crippen LogP) is 1.63. The van der Waals surface area contributed by atoms with Gasteiger partial charge in [0.15, 0.2) is 11.5 Å². The lowest BCUT2D eigenvalue weighted by molar-refractivity contribution is 0.0931. The van der Waals surface area contributed by atoms with Crippen molar-refractivity contribution in [1.29, 1.82) is 0 Å². The number of hydrogen-bond acceptors (Lipinski definition) is 5. The molecule has 0 aromatic carbocycles. The molecule has 0 atom stereocenters. The Morgan fingerprint density at radius 2 is 1.56 bits per heavy atom. The van der Waals surface area contributed by atoms with E-state index in [1.54, 1.807) is 13.8 Å². The average molecular weight is 244 g/mol. The lowest BCUT2D eigenvalue weighted by atomic mass is 9.89. The third-order valence-corrected chi connectivity index (χ3v) is 3.00. The number of carbonyl (C=O) groups is 2. The van der Waals surface area contributed by atoms with E-state index in [1.165, 1.54) is 12.3 Å². The normalized spacial score (nSPS) is 13.4. The molecule has 1 aliphatic carbocycles. The SMILES string of the molecule is Cc1coc2c1C(=O)c1c(C)cc(=O)oc1C2=O. The molecule has 90 valence electrons. The van der Waals surface area contributed by atoms with E-state index in [0.29, 0.717) is 11.1 Å². The first kappa shape index (κ1) is 10.7. The second-order valence-corrected chi connectivity index (χ2v) is 4.23. The van der Waals surface area contributed by atoms with Crippen molar-refractivity contribution in [2.24, 2.45) is 0 Å². The van der Waals surface area contributed by atoms with Crippen LogP contribution in [0.4, 0.5) is 0 Å². The van der Waals surface area contributed by atoms with Crippen molar-refractivity contribution in [2.75, 3.05) is 0 Å². The van der Waals surface area contributed by atoms with Crippen LogP contribution in [-0.4, -0.2) is 11.6 Å². The summed E-state index contributed by atoms with van der Waals surface area (Å²) in [4.78, 5) is 35.7. The molecule has 1 aliphatic rings. The van der Waals surface area contributed by atoms with Gasteiger partial charge in [0, 0.05) is 6.07 Å². The lowest BCUT2D eigenvalue weighted by Crippen LogP contribution is -2.23. The van der Waals surface area contributed by atoms with Gasteiger partial charge in [-0.05, 0) is 25.0 Å². The molecule has 5 heteroatoms. The van der Waals surface area contributed by atoms with Crippen molar-refractivity contribution in [3.05, 3.63) is 56.5 Å². The maximum atomic E-state index is 12.3. The first-order chi connectivity index (χ1) is 8.50. The standard InChI is InChI=1S/C13H8O5/c1-5-3-7(14)18-13-8(5)10(15)9-6(2)4-17-12(9)11(13)16/h3-4H,1-2H3. The van der Waals surface area contributed by atoms with Gasteiger partial charge in [0.2, 0.25) is 5.78 Å². The minimum Gasteiger partial charge on any atom is -0.460 e. The highest BCUT2D eigenvalue weighted by atomic mass is 16.4. The largest absolute Gasteiger partial charge is 0.460 e. The molecule has 0 saturated heterocycles. The number of rotatable bonds is 0. The summed E-state index contributed by atoms with van der Waals surface area (Å²) in [5.41, 5.74) is 0.783. The molecule has 0 spiro atoms. The predicted molar refractivity (Wildman–Crippen MR) is 60.0 cm³/mol. The fourth-order valence-electron chi connectivity index (χ4n) is 2.17. The number of aryl methyl sites for hydroxylation is 2. The van der Waals surface area contributed by atoms with Crippen molar-refractivity contribution in [2.45, 2.75) is 13.8 Å². The Labute approximate surface area is 101 Å². The van der Waals surface area contributed by atoms with E-state index in [0.717, 1.165) is 0 Å². The smallest absolute Gasteiger partial charge is 0.336 e. The second kappa shape index (κ2) is 3.29. The zero-order chi connectivity index (χ0) is 13.0. The van der Waals surface area contributed by atoms with Gasteiger partial charge in [0.25, 0.3) is 5.78 Å². The first-order valence-corrected chi connectivity index (χ1v) is 5.33. The van der Waals surface area contributed by atoms with Crippen LogP contribution in [0.25, 0.3) is 0 Å². The van der Waals surface area contributed by atoms with Crippen LogP contribution in [0.15, 0.2) is 26.0 Å². The summed E-state index contributed by atoms with van der Waals surface area (Å²) in [6.07, 6.45) is 1.35. The summed E-state index contributed by atoms with van der Waals surface area (Å²) >= 11 is 0. The number of furan rings is 1. The van der Waals surface area contributed by atoms with Crippen molar-refractivity contribution >= 4 is 11.6 Å². The Kier molecular flexibility index (Phi) is 1.96. The molecule has 2 aromatic heterocycles. The van der Waals surface area contributed by atoms with Gasteiger partial charge < -0.3 is 8.83 Å². The Morgan fingerprint density at radius 1 is 0.889 bits per heavy atom. The van der Waals surface area contributed by atoms with E-state index < -0.39 is 11.4 Å². The van der Waals surface area contributed by atoms with Crippen LogP contribution < -0.4 is 5.63 Å². The average Bonchev–Trinajstić information content (AvgIpc) is 2.67. The van der Waals surface area contributed by atoms with Crippen molar-refractivity contribution in [3.63, 3.8) is 0 Å². The summed E-state index contributed by atoms with van der Waals surface area (Å²) in [6.45, 7) is 3.29. The highest BCUT2D eigenvalue weighted by molar-refractivity contribution is 6.27. The van der Waals surface area contributed by atoms with E-state index in [2.05, 4.69) is 0 Å². The lowest BCUT2D eigenvalue weighted by Gasteiger charge is -2.13. The van der Waals surface area contributed by atoms with Crippen LogP contribution in [0.5, 0.6) is 0 Å². The molecule has 0 radical (unpaired) electrons. The zero-order valence-corrected chi connectivity index (χ0v) is 9.70. The number of hydrogen-bond donors (Lipinski definition) is 0. The van der Waals surface area contributed by atoms with Gasteiger partial charge in [0.1, 0.15) is 0 Å². The summed E-state index contributed by atoms with van der Waals surface area (Å²) in [5, 5.41) is 0. The monoisotopic (exact) mass is 244 g/mol. The molecule has 0 bridgehead atoms. The summed E-state index contributed by atoms with van der Waals surface area (Å²) in [7, 11) is 0. The van der Waals surface area contributed by atoms with Crippen molar-refractivity contribution in [1.82, 2.24) is 0 Å². The molecule has 18 heavy (non-hydrogen) atoms. The minimum atomic E-state index is -0.654. The third-order valence-electron chi connectivity index (χ3n) is 3.00. The molecule has 0 fully saturated rings. The Balaban J connectivity index is 2.42. The summed E-state index contributed by atoms with van der Waals surface area (Å²) in [6, 6.07) is 1.20. The molecular formula is C13H8O5. The Bertz CT molecular complexity index is 760. The van der Waals surface area contributed by atoms with Gasteiger partial charge in [-0.1, -0.05) is 0 Å². The van der Waals surface area contributed by atoms with E-state index in [1.807, 2.05) is 0 Å². The molecule has 0 N–H and O–H groups in total. The van der Waals surface area contributed by atoms with Gasteiger partial charge in [-0.2, -0.15) is 0 Å². The maximum Gasteiger partial charge on any atom is 0.336 e. The molecule has 2 aromatic rings. The number of fused-ring (bicyclic) bond motifs is 2. The highest BCUT2D eigenvalue weighted by Gasteiger charge is 2.37. The van der Waals surface area contributed by atoms with E-state index in [4.69, 9.17) is 8.83 Å². The highest BCUT2D eigenvalue weighted by Crippen LogP contribution is 2.31. The van der Waals surface area contributed by atoms with E-state index in [9.17, 15) is 14.4 Å². The molecule has 0 amide bonds. The zero-order valence-electron chi connectivity index (χ0n) is 9.70. The quantitative estimate of drug-likeness (QED) is 0.600. The van der Waals surface area contributed by atoms with Crippen LogP contribution >= 0.6 is 0 Å². The van der Waals surface area contributed by atoms with Crippen LogP contribution in [0.1, 0.15) is 43.4 Å². The van der Waals surface area contributed by atoms with Crippen LogP contribution in [0.2, 0.25) is 0 Å². The molecule has 0 aliphatic heterocycles. The van der Waals surface area contributed by atoms with Gasteiger partial charge in [-0.3, -0.25) is 9.59 Å². The molecule has 3 rings (SSSR count).